The summed E-state index contributed by atoms with van der Waals surface area (Å²) in [5.74, 6) is -2.92. The van der Waals surface area contributed by atoms with E-state index < -0.39 is 46.8 Å². The van der Waals surface area contributed by atoms with E-state index in [0.717, 1.165) is 37.4 Å². The molecule has 2 fully saturated rings. The number of carbonyl (C=O) groups excluding carboxylic acids is 2. The second kappa shape index (κ2) is 13.0. The van der Waals surface area contributed by atoms with Crippen LogP contribution in [0.4, 0.5) is 28.9 Å². The zero-order valence-electron chi connectivity index (χ0n) is 25.2. The van der Waals surface area contributed by atoms with Crippen LogP contribution in [0.2, 0.25) is 0 Å². The van der Waals surface area contributed by atoms with Gasteiger partial charge < -0.3 is 15.5 Å². The maximum atomic E-state index is 15.0. The zero-order chi connectivity index (χ0) is 32.6. The molecule has 6 radical (unpaired) electrons. The van der Waals surface area contributed by atoms with E-state index >= 15 is 4.39 Å². The van der Waals surface area contributed by atoms with Crippen LogP contribution in [0, 0.1) is 25.6 Å². The smallest absolute Gasteiger partial charge is 0.383 e. The molecule has 2 N–H and O–H groups in total. The Balaban J connectivity index is 1.55. The molecular weight excluding hydrogens is 579 g/mol. The molecule has 228 valence electrons. The predicted octanol–water partition coefficient (Wildman–Crippen LogP) is 4.43. The predicted molar refractivity (Wildman–Crippen MR) is 171 cm³/mol. The summed E-state index contributed by atoms with van der Waals surface area (Å²) in [5, 5.41) is 6.00. The monoisotopic (exact) mass is 611 g/mol. The van der Waals surface area contributed by atoms with Gasteiger partial charge in [0.1, 0.15) is 29.4 Å². The molecule has 2 atom stereocenters. The first kappa shape index (κ1) is 32.7. The van der Waals surface area contributed by atoms with Crippen molar-refractivity contribution in [3.63, 3.8) is 0 Å². The normalized spacial score (nSPS) is 19.0. The number of benzene rings is 3. The van der Waals surface area contributed by atoms with Crippen molar-refractivity contribution in [3.8, 4) is 0 Å². The van der Waals surface area contributed by atoms with E-state index in [9.17, 15) is 22.8 Å². The molecule has 1 saturated carbocycles. The summed E-state index contributed by atoms with van der Waals surface area (Å²) in [4.78, 5) is 29.4. The van der Waals surface area contributed by atoms with Gasteiger partial charge in [-0.1, -0.05) is 59.6 Å². The summed E-state index contributed by atoms with van der Waals surface area (Å²) in [6, 6.07) is 10.1. The average Bonchev–Trinajstić information content (AvgIpc) is 3.48. The Morgan fingerprint density at radius 2 is 1.62 bits per heavy atom. The molecule has 1 heterocycles. The van der Waals surface area contributed by atoms with E-state index in [1.807, 2.05) is 0 Å². The van der Waals surface area contributed by atoms with E-state index in [1.165, 1.54) is 24.0 Å². The van der Waals surface area contributed by atoms with Crippen LogP contribution in [0.25, 0.3) is 0 Å². The minimum Gasteiger partial charge on any atom is -0.383 e. The quantitative estimate of drug-likeness (QED) is 0.321. The molecule has 3 aromatic rings. The average molecular weight is 611 g/mol. The van der Waals surface area contributed by atoms with Crippen molar-refractivity contribution >= 4 is 63.1 Å². The summed E-state index contributed by atoms with van der Waals surface area (Å²) < 4.78 is 56.5. The Hall–Kier alpha value is -3.69. The van der Waals surface area contributed by atoms with Crippen LogP contribution in [0.15, 0.2) is 42.5 Å². The van der Waals surface area contributed by atoms with Crippen molar-refractivity contribution in [2.24, 2.45) is 5.92 Å². The highest BCUT2D eigenvalue weighted by molar-refractivity contribution is 6.45. The van der Waals surface area contributed by atoms with E-state index in [4.69, 9.17) is 23.5 Å². The molecule has 2 aliphatic rings. The Morgan fingerprint density at radius 1 is 0.911 bits per heavy atom. The number of rotatable bonds is 6. The number of carbonyl (C=O) groups is 2. The van der Waals surface area contributed by atoms with Crippen LogP contribution in [-0.2, 0) is 11.0 Å². The van der Waals surface area contributed by atoms with Gasteiger partial charge in [0, 0.05) is 24.0 Å². The van der Waals surface area contributed by atoms with Gasteiger partial charge in [0.15, 0.2) is 0 Å². The molecule has 1 saturated heterocycles. The fourth-order valence-electron chi connectivity index (χ4n) is 6.75. The third-order valence-electron chi connectivity index (χ3n) is 8.92. The minimum atomic E-state index is -4.78. The molecule has 3 aromatic carbocycles. The standard InChI is InChI=1S/C33H32B3F4N3O2/c1-17-7-5-11-24(37)26(17)32(45)43-14-6-10-21(30(43)19-12-13-25(22(34)16-19)41-20-8-3-4-9-20)31(44)42-29-23(35)15-18(2)27(28(29)36)33(38,39)40/h5,7,11-13,15-16,20-21,30,41H,3-4,6,8-10,14H2,1-2H3,(H,42,44)/t21-,30-/m0/s1. The van der Waals surface area contributed by atoms with Gasteiger partial charge in [-0.05, 0) is 68.4 Å². The third-order valence-corrected chi connectivity index (χ3v) is 8.92. The maximum absolute atomic E-state index is 15.0. The molecule has 0 aromatic heterocycles. The fourth-order valence-corrected chi connectivity index (χ4v) is 6.75. The van der Waals surface area contributed by atoms with Gasteiger partial charge in [0.05, 0.1) is 23.1 Å². The Morgan fingerprint density at radius 3 is 2.27 bits per heavy atom. The highest BCUT2D eigenvalue weighted by Crippen LogP contribution is 2.39. The van der Waals surface area contributed by atoms with Gasteiger partial charge in [-0.3, -0.25) is 9.59 Å². The molecule has 0 bridgehead atoms. The molecule has 45 heavy (non-hydrogen) atoms. The van der Waals surface area contributed by atoms with E-state index in [2.05, 4.69) is 10.6 Å². The van der Waals surface area contributed by atoms with Crippen LogP contribution >= 0.6 is 0 Å². The van der Waals surface area contributed by atoms with Crippen molar-refractivity contribution in [1.29, 1.82) is 0 Å². The minimum absolute atomic E-state index is 0.113. The summed E-state index contributed by atoms with van der Waals surface area (Å²) in [5.41, 5.74) is -0.429. The van der Waals surface area contributed by atoms with Crippen LogP contribution < -0.4 is 27.0 Å². The van der Waals surface area contributed by atoms with Crippen molar-refractivity contribution in [3.05, 3.63) is 76.1 Å². The number of anilines is 2. The Bertz CT molecular complexity index is 1610. The second-order valence-electron chi connectivity index (χ2n) is 12.0. The topological polar surface area (TPSA) is 61.4 Å². The molecule has 5 rings (SSSR count). The first-order valence-electron chi connectivity index (χ1n) is 15.1. The highest BCUT2D eigenvalue weighted by atomic mass is 19.4. The summed E-state index contributed by atoms with van der Waals surface area (Å²) in [7, 11) is 18.5. The number of nitrogens with one attached hydrogen (secondary N) is 2. The number of hydrogen-bond acceptors (Lipinski definition) is 3. The lowest BCUT2D eigenvalue weighted by molar-refractivity contribution is -0.137. The van der Waals surface area contributed by atoms with E-state index in [0.29, 0.717) is 29.1 Å². The van der Waals surface area contributed by atoms with Gasteiger partial charge >= 0.3 is 6.18 Å². The second-order valence-corrected chi connectivity index (χ2v) is 12.0. The number of likely N-dealkylation sites (tertiary alicyclic amines) is 1. The first-order chi connectivity index (χ1) is 21.3. The molecule has 0 spiro atoms. The highest BCUT2D eigenvalue weighted by Gasteiger charge is 2.41. The first-order valence-corrected chi connectivity index (χ1v) is 15.1. The molecule has 12 heteroatoms. The van der Waals surface area contributed by atoms with Gasteiger partial charge in [0.2, 0.25) is 5.91 Å². The summed E-state index contributed by atoms with van der Waals surface area (Å²) >= 11 is 0. The van der Waals surface area contributed by atoms with Crippen molar-refractivity contribution in [2.75, 3.05) is 17.2 Å². The van der Waals surface area contributed by atoms with Gasteiger partial charge in [-0.25, -0.2) is 4.39 Å². The zero-order valence-corrected chi connectivity index (χ0v) is 25.2. The molecule has 1 aliphatic heterocycles. The number of nitrogens with zero attached hydrogens (tertiary/aromatic N) is 1. The van der Waals surface area contributed by atoms with Gasteiger partial charge in [-0.2, -0.15) is 13.2 Å². The lowest BCUT2D eigenvalue weighted by atomic mass is 9.78. The lowest BCUT2D eigenvalue weighted by Crippen LogP contribution is -2.47. The number of alkyl halides is 3. The van der Waals surface area contributed by atoms with Crippen molar-refractivity contribution in [2.45, 2.75) is 70.6 Å². The largest absolute Gasteiger partial charge is 0.416 e. The molecule has 0 unspecified atom stereocenters. The molecule has 1 aliphatic carbocycles. The van der Waals surface area contributed by atoms with Crippen LogP contribution in [0.5, 0.6) is 0 Å². The Labute approximate surface area is 264 Å². The summed E-state index contributed by atoms with van der Waals surface area (Å²) in [6.07, 6.45) is 0.202. The van der Waals surface area contributed by atoms with Crippen LogP contribution in [0.3, 0.4) is 0 Å². The Kier molecular flexibility index (Phi) is 9.42. The molecular formula is C33H32B3F4N3O2. The van der Waals surface area contributed by atoms with Crippen molar-refractivity contribution < 1.29 is 27.2 Å². The maximum Gasteiger partial charge on any atom is 0.416 e. The number of aryl methyl sites for hydroxylation is 2. The van der Waals surface area contributed by atoms with E-state index in [-0.39, 0.29) is 35.2 Å². The number of piperidine rings is 1. The van der Waals surface area contributed by atoms with Gasteiger partial charge in [0.25, 0.3) is 5.91 Å². The SMILES string of the molecule is [B]c1cc([C@H]2[C@@H](C(=O)Nc3c([B])cc(C)c(C(F)(F)F)c3[B])CCCN2C(=O)c2c(C)cccc2F)ccc1NC1CCCC1. The molecule has 2 amide bonds. The molecule has 5 nitrogen and oxygen atoms in total. The number of amides is 2. The lowest BCUT2D eigenvalue weighted by Gasteiger charge is -2.41. The van der Waals surface area contributed by atoms with Crippen LogP contribution in [0.1, 0.15) is 77.2 Å². The van der Waals surface area contributed by atoms with Crippen LogP contribution in [-0.4, -0.2) is 52.8 Å². The fraction of sp³-hybridized carbons (Fsp3) is 0.394. The number of halogens is 4. The third kappa shape index (κ3) is 6.65. The number of hydrogen-bond donors (Lipinski definition) is 2. The van der Waals surface area contributed by atoms with E-state index in [1.54, 1.807) is 31.2 Å². The van der Waals surface area contributed by atoms with Gasteiger partial charge in [-0.15, -0.1) is 0 Å². The van der Waals surface area contributed by atoms with Crippen molar-refractivity contribution in [1.82, 2.24) is 4.90 Å². The summed E-state index contributed by atoms with van der Waals surface area (Å²) in [6.45, 7) is 3.08.